The minimum absolute atomic E-state index is 0.317. The number of carbonyl (C=O) groups is 1. The van der Waals surface area contributed by atoms with Crippen LogP contribution in [0.2, 0.25) is 0 Å². The van der Waals surface area contributed by atoms with Crippen LogP contribution < -0.4 is 42.6 Å². The van der Waals surface area contributed by atoms with Crippen molar-refractivity contribution in [2.24, 2.45) is 0 Å². The van der Waals surface area contributed by atoms with Crippen molar-refractivity contribution < 1.29 is 13.6 Å². The van der Waals surface area contributed by atoms with Crippen molar-refractivity contribution in [1.82, 2.24) is 19.9 Å². The molecule has 0 saturated heterocycles. The van der Waals surface area contributed by atoms with Crippen LogP contribution in [0.4, 0.5) is 27.9 Å². The van der Waals surface area contributed by atoms with Gasteiger partial charge in [0.15, 0.2) is 5.82 Å². The van der Waals surface area contributed by atoms with Crippen LogP contribution >= 0.6 is 0 Å². The van der Waals surface area contributed by atoms with Gasteiger partial charge in [-0.05, 0) is 68.6 Å². The number of hydrogen-bond acceptors (Lipinski definition) is 7. The molecule has 0 bridgehead atoms. The van der Waals surface area contributed by atoms with Gasteiger partial charge in [-0.3, -0.25) is 0 Å². The molecular formula is C66H44B2N6O3. The van der Waals surface area contributed by atoms with E-state index in [9.17, 15) is 0 Å². The van der Waals surface area contributed by atoms with E-state index in [2.05, 4.69) is 142 Å². The standard InChI is InChI=1S/C66H44B2N6O3/c1-4-22-39(3)57-55(58(70-51(5-2)69-57)41-23-10-6-11-24-41)67-47-37-35-40-36-38-48-62-52(40)61(47)73(64-53(67)45-31-18-20-33-49(45)76-64)66(75)74(62)65-54(46-32-19-21-34-50(46)77-65)68(48)56-59(42-25-12-7-13-26-42)71-63(44-29-16-9-17-30-44)72-60(56)43-27-14-8-15-28-43/h4,6-38H,1,5H2,2-3H3/b39-22+. The Balaban J connectivity index is 1.10. The van der Waals surface area contributed by atoms with Crippen molar-refractivity contribution in [3.63, 3.8) is 0 Å². The molecule has 2 amide bonds. The minimum Gasteiger partial charge on any atom is -0.440 e. The fourth-order valence-corrected chi connectivity index (χ4v) is 12.3. The summed E-state index contributed by atoms with van der Waals surface area (Å²) in [7, 11) is 0. The Bertz CT molecular complexity index is 4400. The summed E-state index contributed by atoms with van der Waals surface area (Å²) in [5, 5.41) is 3.62. The number of aromatic nitrogens is 4. The summed E-state index contributed by atoms with van der Waals surface area (Å²) in [6.07, 6.45) is 4.46. The van der Waals surface area contributed by atoms with Crippen LogP contribution in [0, 0.1) is 0 Å². The van der Waals surface area contributed by atoms with Crippen LogP contribution in [0.3, 0.4) is 0 Å². The number of benzene rings is 8. The van der Waals surface area contributed by atoms with Gasteiger partial charge in [0.05, 0.1) is 34.2 Å². The first-order chi connectivity index (χ1) is 38.0. The molecule has 8 aromatic carbocycles. The van der Waals surface area contributed by atoms with Gasteiger partial charge in [-0.15, -0.1) is 0 Å². The van der Waals surface area contributed by atoms with E-state index in [1.54, 1.807) is 9.80 Å². The average molecular weight is 991 g/mol. The van der Waals surface area contributed by atoms with Crippen molar-refractivity contribution in [3.8, 4) is 45.2 Å². The van der Waals surface area contributed by atoms with Crippen molar-refractivity contribution >= 4 is 114 Å². The predicted molar refractivity (Wildman–Crippen MR) is 314 cm³/mol. The van der Waals surface area contributed by atoms with Crippen molar-refractivity contribution in [2.45, 2.75) is 20.3 Å². The summed E-state index contributed by atoms with van der Waals surface area (Å²) in [6.45, 7) is 7.25. The molecule has 0 atom stereocenters. The Kier molecular flexibility index (Phi) is 10.1. The highest BCUT2D eigenvalue weighted by molar-refractivity contribution is 7.02. The topological polar surface area (TPSA) is 101 Å². The highest BCUT2D eigenvalue weighted by Crippen LogP contribution is 2.50. The Labute approximate surface area is 444 Å². The quantitative estimate of drug-likeness (QED) is 0.105. The lowest BCUT2D eigenvalue weighted by molar-refractivity contribution is 0.254. The molecule has 0 unspecified atom stereocenters. The third-order valence-corrected chi connectivity index (χ3v) is 15.6. The number of rotatable bonds is 9. The lowest BCUT2D eigenvalue weighted by Crippen LogP contribution is -2.64. The average Bonchev–Trinajstić information content (AvgIpc) is 4.16. The highest BCUT2D eigenvalue weighted by Gasteiger charge is 2.53. The van der Waals surface area contributed by atoms with E-state index in [1.807, 2.05) is 84.9 Å². The maximum atomic E-state index is 16.6. The number of para-hydroxylation sites is 2. The molecule has 362 valence electrons. The number of amides is 2. The third kappa shape index (κ3) is 6.59. The number of carbonyl (C=O) groups excluding carboxylic acids is 1. The highest BCUT2D eigenvalue weighted by atomic mass is 16.4. The number of urea groups is 1. The first-order valence-corrected chi connectivity index (χ1v) is 26.1. The minimum atomic E-state index is -0.533. The summed E-state index contributed by atoms with van der Waals surface area (Å²) >= 11 is 0. The number of hydrogen-bond donors (Lipinski definition) is 0. The molecule has 15 rings (SSSR count). The number of anilines is 4. The van der Waals surface area contributed by atoms with E-state index in [4.69, 9.17) is 28.8 Å². The molecule has 3 aliphatic rings. The smallest absolute Gasteiger partial charge is 0.342 e. The second kappa shape index (κ2) is 17.4. The second-order valence-corrected chi connectivity index (χ2v) is 19.9. The van der Waals surface area contributed by atoms with Gasteiger partial charge >= 0.3 is 6.03 Å². The molecule has 0 N–H and O–H groups in total. The van der Waals surface area contributed by atoms with Gasteiger partial charge in [-0.2, -0.15) is 0 Å². The molecule has 7 heterocycles. The molecule has 3 aliphatic heterocycles. The summed E-state index contributed by atoms with van der Waals surface area (Å²) in [6, 6.07) is 65.9. The monoisotopic (exact) mass is 990 g/mol. The van der Waals surface area contributed by atoms with Crippen molar-refractivity contribution in [3.05, 3.63) is 224 Å². The van der Waals surface area contributed by atoms with E-state index in [1.165, 1.54) is 0 Å². The van der Waals surface area contributed by atoms with Crippen LogP contribution in [-0.2, 0) is 6.42 Å². The SMILES string of the molecule is C=C/C=C(\C)c1nc(CC)nc(-c2ccccc2)c1B1c2ccc3ccc4c5c3c2N(C(=O)N5c2oc3ccccc3c2B4c2c(-c3ccccc3)nc(-c3ccccc3)nc2-c2ccccc2)c2oc3ccccc3c21. The molecular weight excluding hydrogens is 946 g/mol. The van der Waals surface area contributed by atoms with Crippen LogP contribution in [-0.4, -0.2) is 39.4 Å². The molecule has 0 spiro atoms. The first-order valence-electron chi connectivity index (χ1n) is 26.1. The van der Waals surface area contributed by atoms with Crippen molar-refractivity contribution in [2.75, 3.05) is 9.80 Å². The lowest BCUT2D eigenvalue weighted by Gasteiger charge is -2.43. The summed E-state index contributed by atoms with van der Waals surface area (Å²) in [4.78, 5) is 42.1. The van der Waals surface area contributed by atoms with Gasteiger partial charge in [0.25, 0.3) is 13.4 Å². The number of fused-ring (bicyclic) bond motifs is 8. The van der Waals surface area contributed by atoms with Crippen LogP contribution in [0.1, 0.15) is 25.4 Å². The predicted octanol–water partition coefficient (Wildman–Crippen LogP) is 11.8. The van der Waals surface area contributed by atoms with Crippen LogP contribution in [0.5, 0.6) is 0 Å². The first kappa shape index (κ1) is 44.6. The van der Waals surface area contributed by atoms with Gasteiger partial charge in [0.1, 0.15) is 17.0 Å². The maximum absolute atomic E-state index is 16.6. The van der Waals surface area contributed by atoms with E-state index < -0.39 is 13.4 Å². The molecule has 77 heavy (non-hydrogen) atoms. The van der Waals surface area contributed by atoms with Crippen molar-refractivity contribution in [1.29, 1.82) is 0 Å². The van der Waals surface area contributed by atoms with E-state index >= 15 is 4.79 Å². The molecule has 4 aromatic heterocycles. The van der Waals surface area contributed by atoms with Crippen LogP contribution in [0.25, 0.3) is 83.4 Å². The molecule has 12 aromatic rings. The number of allylic oxidation sites excluding steroid dienone is 3. The normalized spacial score (nSPS) is 13.4. The summed E-state index contributed by atoms with van der Waals surface area (Å²) in [5.74, 6) is 2.21. The van der Waals surface area contributed by atoms with Gasteiger partial charge in [0, 0.05) is 39.1 Å². The number of aryl methyl sites for hydroxylation is 1. The van der Waals surface area contributed by atoms with E-state index in [0.717, 1.165) is 122 Å². The summed E-state index contributed by atoms with van der Waals surface area (Å²) in [5.41, 5.74) is 16.0. The van der Waals surface area contributed by atoms with E-state index in [-0.39, 0.29) is 6.03 Å². The van der Waals surface area contributed by atoms with Crippen LogP contribution in [0.15, 0.2) is 222 Å². The summed E-state index contributed by atoms with van der Waals surface area (Å²) < 4.78 is 14.2. The Morgan fingerprint density at radius 3 is 1.44 bits per heavy atom. The zero-order chi connectivity index (χ0) is 51.5. The van der Waals surface area contributed by atoms with E-state index in [0.29, 0.717) is 35.2 Å². The zero-order valence-corrected chi connectivity index (χ0v) is 42.1. The molecule has 0 radical (unpaired) electrons. The van der Waals surface area contributed by atoms with Gasteiger partial charge in [-0.25, -0.2) is 34.5 Å². The molecule has 11 heteroatoms. The maximum Gasteiger partial charge on any atom is 0.342 e. The zero-order valence-electron chi connectivity index (χ0n) is 42.1. The largest absolute Gasteiger partial charge is 0.440 e. The van der Waals surface area contributed by atoms with Gasteiger partial charge in [-0.1, -0.05) is 208 Å². The Hall–Kier alpha value is -9.86. The molecule has 0 fully saturated rings. The fraction of sp³-hybridized carbons (Fsp3) is 0.0455. The molecule has 0 saturated carbocycles. The third-order valence-electron chi connectivity index (χ3n) is 15.6. The Morgan fingerprint density at radius 2 is 0.961 bits per heavy atom. The Morgan fingerprint density at radius 1 is 0.519 bits per heavy atom. The molecule has 9 nitrogen and oxygen atoms in total. The number of nitrogens with zero attached hydrogens (tertiary/aromatic N) is 6. The molecule has 0 aliphatic carbocycles. The second-order valence-electron chi connectivity index (χ2n) is 19.9. The number of furan rings is 2. The lowest BCUT2D eigenvalue weighted by atomic mass is 9.33. The fourth-order valence-electron chi connectivity index (χ4n) is 12.3. The van der Waals surface area contributed by atoms with Gasteiger partial charge < -0.3 is 8.83 Å². The van der Waals surface area contributed by atoms with Gasteiger partial charge in [0.2, 0.25) is 11.8 Å².